The molecule has 1 fully saturated rings. The van der Waals surface area contributed by atoms with Crippen molar-refractivity contribution in [1.29, 1.82) is 5.41 Å². The Kier molecular flexibility index (Phi) is 3.05. The number of hydrogen-bond acceptors (Lipinski definition) is 3. The molecule has 0 aromatic rings. The minimum atomic E-state index is -0.181. The minimum Gasteiger partial charge on any atom is -0.388 e. The Bertz CT molecular complexity index is 162. The Morgan fingerprint density at radius 2 is 2.00 bits per heavy atom. The zero-order chi connectivity index (χ0) is 9.14. The van der Waals surface area contributed by atoms with Crippen LogP contribution in [0, 0.1) is 5.41 Å². The van der Waals surface area contributed by atoms with Gasteiger partial charge >= 0.3 is 0 Å². The number of nitrogens with zero attached hydrogens (tertiary/aromatic N) is 1. The van der Waals surface area contributed by atoms with E-state index in [1.807, 2.05) is 18.7 Å². The highest BCUT2D eigenvalue weighted by atomic mass is 16.5. The second kappa shape index (κ2) is 3.87. The summed E-state index contributed by atoms with van der Waals surface area (Å²) in [5.74, 6) is 0.289. The van der Waals surface area contributed by atoms with Crippen LogP contribution in [-0.4, -0.2) is 47.7 Å². The van der Waals surface area contributed by atoms with Gasteiger partial charge in [-0.05, 0) is 13.8 Å². The number of hydrogen-bond donors (Lipinski definition) is 2. The van der Waals surface area contributed by atoms with Crippen LogP contribution in [-0.2, 0) is 4.74 Å². The van der Waals surface area contributed by atoms with Crippen LogP contribution in [0.25, 0.3) is 0 Å². The van der Waals surface area contributed by atoms with Gasteiger partial charge in [-0.1, -0.05) is 0 Å². The molecule has 1 saturated heterocycles. The summed E-state index contributed by atoms with van der Waals surface area (Å²) in [5.41, 5.74) is 0. The number of aliphatic hydroxyl groups is 1. The fourth-order valence-electron chi connectivity index (χ4n) is 1.50. The SMILES string of the molecule is CC1CN(C(=N)CO)CC(C)O1. The van der Waals surface area contributed by atoms with Crippen molar-refractivity contribution in [2.24, 2.45) is 0 Å². The second-order valence-electron chi connectivity index (χ2n) is 3.27. The maximum Gasteiger partial charge on any atom is 0.122 e. The van der Waals surface area contributed by atoms with E-state index in [0.29, 0.717) is 13.1 Å². The number of ether oxygens (including phenoxy) is 1. The molecule has 1 heterocycles. The number of nitrogens with one attached hydrogen (secondary N) is 1. The molecule has 0 saturated carbocycles. The molecule has 0 aromatic carbocycles. The van der Waals surface area contributed by atoms with E-state index in [4.69, 9.17) is 15.3 Å². The monoisotopic (exact) mass is 172 g/mol. The van der Waals surface area contributed by atoms with E-state index < -0.39 is 0 Å². The van der Waals surface area contributed by atoms with Crippen molar-refractivity contribution in [2.45, 2.75) is 26.1 Å². The molecule has 2 N–H and O–H groups in total. The van der Waals surface area contributed by atoms with Gasteiger partial charge in [0.1, 0.15) is 12.4 Å². The fraction of sp³-hybridized carbons (Fsp3) is 0.875. The molecule has 4 nitrogen and oxygen atoms in total. The van der Waals surface area contributed by atoms with Gasteiger partial charge in [-0.25, -0.2) is 0 Å². The summed E-state index contributed by atoms with van der Waals surface area (Å²) in [6.07, 6.45) is 0.307. The van der Waals surface area contributed by atoms with Crippen molar-refractivity contribution in [3.05, 3.63) is 0 Å². The third-order valence-electron chi connectivity index (χ3n) is 1.95. The summed E-state index contributed by atoms with van der Waals surface area (Å²) in [6, 6.07) is 0. The third kappa shape index (κ3) is 2.19. The van der Waals surface area contributed by atoms with Crippen molar-refractivity contribution in [3.8, 4) is 0 Å². The predicted molar refractivity (Wildman–Crippen MR) is 46.4 cm³/mol. The molecular weight excluding hydrogens is 156 g/mol. The molecule has 0 bridgehead atoms. The van der Waals surface area contributed by atoms with Gasteiger partial charge in [0.05, 0.1) is 12.2 Å². The first-order valence-corrected chi connectivity index (χ1v) is 4.22. The molecule has 0 radical (unpaired) electrons. The van der Waals surface area contributed by atoms with E-state index in [9.17, 15) is 0 Å². The zero-order valence-electron chi connectivity index (χ0n) is 7.58. The van der Waals surface area contributed by atoms with Crippen LogP contribution in [0.2, 0.25) is 0 Å². The quantitative estimate of drug-likeness (QED) is 0.434. The number of rotatable bonds is 1. The van der Waals surface area contributed by atoms with Crippen LogP contribution in [0.4, 0.5) is 0 Å². The first kappa shape index (κ1) is 9.48. The molecule has 0 spiro atoms. The van der Waals surface area contributed by atoms with Crippen LogP contribution in [0.5, 0.6) is 0 Å². The van der Waals surface area contributed by atoms with Gasteiger partial charge in [-0.3, -0.25) is 5.41 Å². The molecule has 1 aliphatic heterocycles. The average molecular weight is 172 g/mol. The summed E-state index contributed by atoms with van der Waals surface area (Å²) < 4.78 is 5.49. The van der Waals surface area contributed by atoms with Crippen LogP contribution < -0.4 is 0 Å². The largest absolute Gasteiger partial charge is 0.388 e. The van der Waals surface area contributed by atoms with Crippen LogP contribution in [0.3, 0.4) is 0 Å². The first-order valence-electron chi connectivity index (χ1n) is 4.22. The fourth-order valence-corrected chi connectivity index (χ4v) is 1.50. The molecule has 2 unspecified atom stereocenters. The molecule has 0 aliphatic carbocycles. The summed E-state index contributed by atoms with van der Waals surface area (Å²) in [4.78, 5) is 1.86. The van der Waals surface area contributed by atoms with Gasteiger partial charge < -0.3 is 14.7 Å². The molecule has 0 aromatic heterocycles. The van der Waals surface area contributed by atoms with E-state index in [1.54, 1.807) is 0 Å². The topological polar surface area (TPSA) is 56.6 Å². The van der Waals surface area contributed by atoms with Crippen molar-refractivity contribution in [3.63, 3.8) is 0 Å². The smallest absolute Gasteiger partial charge is 0.122 e. The molecule has 70 valence electrons. The van der Waals surface area contributed by atoms with E-state index in [0.717, 1.165) is 0 Å². The molecule has 4 heteroatoms. The Balaban J connectivity index is 2.49. The molecule has 1 rings (SSSR count). The van der Waals surface area contributed by atoms with Gasteiger partial charge in [-0.15, -0.1) is 0 Å². The lowest BCUT2D eigenvalue weighted by atomic mass is 10.2. The maximum atomic E-state index is 8.75. The minimum absolute atomic E-state index is 0.153. The van der Waals surface area contributed by atoms with Gasteiger partial charge in [0.25, 0.3) is 0 Å². The number of morpholine rings is 1. The molecule has 12 heavy (non-hydrogen) atoms. The highest BCUT2D eigenvalue weighted by Crippen LogP contribution is 2.10. The van der Waals surface area contributed by atoms with E-state index >= 15 is 0 Å². The second-order valence-corrected chi connectivity index (χ2v) is 3.27. The lowest BCUT2D eigenvalue weighted by molar-refractivity contribution is -0.0493. The molecular formula is C8H16N2O2. The summed E-state index contributed by atoms with van der Waals surface area (Å²) in [7, 11) is 0. The van der Waals surface area contributed by atoms with Gasteiger partial charge in [-0.2, -0.15) is 0 Å². The van der Waals surface area contributed by atoms with E-state index in [2.05, 4.69) is 0 Å². The van der Waals surface area contributed by atoms with Crippen molar-refractivity contribution in [1.82, 2.24) is 4.90 Å². The van der Waals surface area contributed by atoms with Gasteiger partial charge in [0.2, 0.25) is 0 Å². The third-order valence-corrected chi connectivity index (χ3v) is 1.95. The van der Waals surface area contributed by atoms with Crippen molar-refractivity contribution in [2.75, 3.05) is 19.7 Å². The lowest BCUT2D eigenvalue weighted by Crippen LogP contribution is -2.48. The molecule has 2 atom stereocenters. The summed E-state index contributed by atoms with van der Waals surface area (Å²) in [5, 5.41) is 16.2. The summed E-state index contributed by atoms with van der Waals surface area (Å²) >= 11 is 0. The Labute approximate surface area is 72.6 Å². The maximum absolute atomic E-state index is 8.75. The van der Waals surface area contributed by atoms with Crippen LogP contribution >= 0.6 is 0 Å². The van der Waals surface area contributed by atoms with Crippen molar-refractivity contribution >= 4 is 5.84 Å². The number of amidine groups is 1. The van der Waals surface area contributed by atoms with E-state index in [1.165, 1.54) is 0 Å². The highest BCUT2D eigenvalue weighted by Gasteiger charge is 2.23. The standard InChI is InChI=1S/C8H16N2O2/c1-6-3-10(8(9)5-11)4-7(2)12-6/h6-7,9,11H,3-5H2,1-2H3. The average Bonchev–Trinajstić information content (AvgIpc) is 2.01. The highest BCUT2D eigenvalue weighted by molar-refractivity contribution is 5.80. The Hall–Kier alpha value is -0.610. The van der Waals surface area contributed by atoms with E-state index in [-0.39, 0.29) is 24.7 Å². The Morgan fingerprint density at radius 3 is 2.42 bits per heavy atom. The van der Waals surface area contributed by atoms with Gasteiger partial charge in [0.15, 0.2) is 0 Å². The van der Waals surface area contributed by atoms with Crippen LogP contribution in [0.15, 0.2) is 0 Å². The summed E-state index contributed by atoms with van der Waals surface area (Å²) in [6.45, 7) is 5.20. The first-order chi connectivity index (χ1) is 5.63. The normalized spacial score (nSPS) is 30.4. The zero-order valence-corrected chi connectivity index (χ0v) is 7.58. The van der Waals surface area contributed by atoms with Gasteiger partial charge in [0, 0.05) is 13.1 Å². The molecule has 1 aliphatic rings. The predicted octanol–water partition coefficient (Wildman–Crippen LogP) is 0.0652. The number of aliphatic hydroxyl groups excluding tert-OH is 1. The van der Waals surface area contributed by atoms with Crippen LogP contribution in [0.1, 0.15) is 13.8 Å². The lowest BCUT2D eigenvalue weighted by Gasteiger charge is -2.36. The molecule has 0 amide bonds. The van der Waals surface area contributed by atoms with Crippen molar-refractivity contribution < 1.29 is 9.84 Å². The Morgan fingerprint density at radius 1 is 1.50 bits per heavy atom.